The monoisotopic (exact) mass is 681 g/mol. The lowest BCUT2D eigenvalue weighted by atomic mass is 9.99. The maximum Gasteiger partial charge on any atom is 0.164 e. The van der Waals surface area contributed by atoms with E-state index in [0.717, 1.165) is 49.8 Å². The van der Waals surface area contributed by atoms with E-state index in [-0.39, 0.29) is 0 Å². The van der Waals surface area contributed by atoms with Gasteiger partial charge in [-0.05, 0) is 75.1 Å². The first-order valence-corrected chi connectivity index (χ1v) is 18.2. The van der Waals surface area contributed by atoms with E-state index >= 15 is 0 Å². The number of nitrogens with zero attached hydrogens (tertiary/aromatic N) is 3. The van der Waals surface area contributed by atoms with Crippen molar-refractivity contribution in [3.8, 4) is 45.3 Å². The van der Waals surface area contributed by atoms with Gasteiger partial charge in [0.05, 0.1) is 0 Å². The molecule has 0 amide bonds. The highest BCUT2D eigenvalue weighted by Crippen LogP contribution is 2.40. The average molecular weight is 682 g/mol. The number of benzene rings is 8. The maximum absolute atomic E-state index is 6.57. The number of thiophene rings is 1. The summed E-state index contributed by atoms with van der Waals surface area (Å²) in [5, 5.41) is 9.35. The fourth-order valence-corrected chi connectivity index (χ4v) is 8.67. The van der Waals surface area contributed by atoms with Crippen LogP contribution >= 0.6 is 11.3 Å². The van der Waals surface area contributed by atoms with Gasteiger partial charge in [0.15, 0.2) is 17.5 Å². The Morgan fingerprint density at radius 1 is 0.365 bits per heavy atom. The van der Waals surface area contributed by atoms with Gasteiger partial charge >= 0.3 is 0 Å². The number of hydrogen-bond donors (Lipinski definition) is 0. The molecule has 0 aliphatic carbocycles. The van der Waals surface area contributed by atoms with E-state index < -0.39 is 0 Å². The van der Waals surface area contributed by atoms with Crippen molar-refractivity contribution in [3.63, 3.8) is 0 Å². The normalized spacial score (nSPS) is 11.8. The van der Waals surface area contributed by atoms with E-state index in [1.807, 2.05) is 53.8 Å². The van der Waals surface area contributed by atoms with Crippen LogP contribution in [-0.4, -0.2) is 15.0 Å². The van der Waals surface area contributed by atoms with Gasteiger partial charge in [-0.15, -0.1) is 11.3 Å². The minimum Gasteiger partial charge on any atom is -0.456 e. The van der Waals surface area contributed by atoms with Gasteiger partial charge < -0.3 is 4.42 Å². The van der Waals surface area contributed by atoms with Crippen LogP contribution in [0.2, 0.25) is 0 Å². The molecule has 242 valence electrons. The van der Waals surface area contributed by atoms with Crippen LogP contribution < -0.4 is 0 Å². The van der Waals surface area contributed by atoms with Crippen LogP contribution in [0, 0.1) is 0 Å². The van der Waals surface area contributed by atoms with Gasteiger partial charge in [-0.25, -0.2) is 15.0 Å². The van der Waals surface area contributed by atoms with Gasteiger partial charge in [0.25, 0.3) is 0 Å². The molecule has 52 heavy (non-hydrogen) atoms. The standard InChI is InChI=1S/C47H27N3OS/c1-2-10-30(11-3-1)45-48-46(33-20-19-29-18-17-28-9-4-5-12-34(28)38(29)26-33)50-47(49-45)37-14-8-15-40-44(37)36-23-21-32(27-41(36)51-40)31-22-24-43-39(25-31)35-13-6-7-16-42(35)52-43/h1-27H. The molecule has 0 aliphatic heterocycles. The molecule has 0 radical (unpaired) electrons. The highest BCUT2D eigenvalue weighted by Gasteiger charge is 2.19. The highest BCUT2D eigenvalue weighted by molar-refractivity contribution is 7.25. The molecule has 0 N–H and O–H groups in total. The topological polar surface area (TPSA) is 51.8 Å². The molecule has 4 nitrogen and oxygen atoms in total. The minimum absolute atomic E-state index is 0.606. The van der Waals surface area contributed by atoms with Crippen molar-refractivity contribution in [1.82, 2.24) is 15.0 Å². The van der Waals surface area contributed by atoms with E-state index in [0.29, 0.717) is 17.5 Å². The zero-order valence-electron chi connectivity index (χ0n) is 27.7. The van der Waals surface area contributed by atoms with E-state index in [2.05, 4.69) is 121 Å². The second-order valence-corrected chi connectivity index (χ2v) is 14.3. The Hall–Kier alpha value is -6.69. The molecule has 0 fully saturated rings. The third-order valence-corrected chi connectivity index (χ3v) is 11.3. The number of fused-ring (bicyclic) bond motifs is 9. The van der Waals surface area contributed by atoms with Crippen LogP contribution in [0.15, 0.2) is 168 Å². The van der Waals surface area contributed by atoms with Crippen LogP contribution in [0.1, 0.15) is 0 Å². The molecule has 11 aromatic rings. The lowest BCUT2D eigenvalue weighted by Gasteiger charge is -2.10. The van der Waals surface area contributed by atoms with Crippen molar-refractivity contribution in [2.45, 2.75) is 0 Å². The first kappa shape index (κ1) is 29.1. The Bertz CT molecular complexity index is 3200. The molecule has 0 atom stereocenters. The molecule has 11 rings (SSSR count). The minimum atomic E-state index is 0.606. The van der Waals surface area contributed by atoms with E-state index in [9.17, 15) is 0 Å². The van der Waals surface area contributed by atoms with Crippen molar-refractivity contribution in [3.05, 3.63) is 164 Å². The summed E-state index contributed by atoms with van der Waals surface area (Å²) in [5.74, 6) is 1.86. The van der Waals surface area contributed by atoms with Crippen LogP contribution in [0.4, 0.5) is 0 Å². The lowest BCUT2D eigenvalue weighted by molar-refractivity contribution is 0.669. The number of aromatic nitrogens is 3. The van der Waals surface area contributed by atoms with Gasteiger partial charge in [-0.3, -0.25) is 0 Å². The largest absolute Gasteiger partial charge is 0.456 e. The Labute approximate surface area is 302 Å². The molecule has 0 bridgehead atoms. The lowest BCUT2D eigenvalue weighted by Crippen LogP contribution is -2.00. The van der Waals surface area contributed by atoms with Gasteiger partial charge in [0.2, 0.25) is 0 Å². The first-order valence-electron chi connectivity index (χ1n) is 17.3. The number of furan rings is 1. The van der Waals surface area contributed by atoms with Crippen molar-refractivity contribution < 1.29 is 4.42 Å². The molecule has 0 spiro atoms. The second-order valence-electron chi connectivity index (χ2n) is 13.2. The van der Waals surface area contributed by atoms with Gasteiger partial charge in [-0.1, -0.05) is 121 Å². The predicted octanol–water partition coefficient (Wildman–Crippen LogP) is 13.1. The van der Waals surface area contributed by atoms with Crippen molar-refractivity contribution in [2.24, 2.45) is 0 Å². The molecule has 3 heterocycles. The summed E-state index contributed by atoms with van der Waals surface area (Å²) in [4.78, 5) is 15.3. The molecular weight excluding hydrogens is 655 g/mol. The maximum atomic E-state index is 6.57. The first-order chi connectivity index (χ1) is 25.7. The van der Waals surface area contributed by atoms with Gasteiger partial charge in [0, 0.05) is 47.6 Å². The predicted molar refractivity (Wildman–Crippen MR) is 217 cm³/mol. The summed E-state index contributed by atoms with van der Waals surface area (Å²) in [6, 6.07) is 57.4. The van der Waals surface area contributed by atoms with Gasteiger partial charge in [-0.2, -0.15) is 0 Å². The summed E-state index contributed by atoms with van der Waals surface area (Å²) < 4.78 is 9.17. The second kappa shape index (κ2) is 11.4. The molecule has 0 saturated heterocycles. The molecule has 3 aromatic heterocycles. The van der Waals surface area contributed by atoms with Crippen LogP contribution in [0.3, 0.4) is 0 Å². The van der Waals surface area contributed by atoms with Crippen molar-refractivity contribution >= 4 is 75.0 Å². The third-order valence-electron chi connectivity index (χ3n) is 10.1. The summed E-state index contributed by atoms with van der Waals surface area (Å²) in [6.07, 6.45) is 0. The molecule has 0 aliphatic rings. The van der Waals surface area contributed by atoms with Crippen molar-refractivity contribution in [2.75, 3.05) is 0 Å². The molecule has 0 saturated carbocycles. The van der Waals surface area contributed by atoms with Crippen molar-refractivity contribution in [1.29, 1.82) is 0 Å². The zero-order chi connectivity index (χ0) is 34.2. The molecule has 0 unspecified atom stereocenters. The molecule has 8 aromatic carbocycles. The van der Waals surface area contributed by atoms with E-state index in [1.165, 1.54) is 41.7 Å². The van der Waals surface area contributed by atoms with E-state index in [4.69, 9.17) is 19.4 Å². The quantitative estimate of drug-likeness (QED) is 0.174. The van der Waals surface area contributed by atoms with Crippen LogP contribution in [0.25, 0.3) is 109 Å². The third kappa shape index (κ3) is 4.64. The number of rotatable bonds is 4. The fourth-order valence-electron chi connectivity index (χ4n) is 7.58. The summed E-state index contributed by atoms with van der Waals surface area (Å²) in [7, 11) is 0. The average Bonchev–Trinajstić information content (AvgIpc) is 3.78. The van der Waals surface area contributed by atoms with Crippen LogP contribution in [0.5, 0.6) is 0 Å². The Kier molecular flexibility index (Phi) is 6.39. The summed E-state index contributed by atoms with van der Waals surface area (Å²) in [5.41, 5.74) is 6.68. The Morgan fingerprint density at radius 2 is 1.02 bits per heavy atom. The SMILES string of the molecule is c1ccc(-c2nc(-c3ccc4ccc5ccccc5c4c3)nc(-c3cccc4oc5cc(-c6ccc7sc8ccccc8c7c6)ccc5c34)n2)cc1. The fraction of sp³-hybridized carbons (Fsp3) is 0. The molecule has 5 heteroatoms. The van der Waals surface area contributed by atoms with E-state index in [1.54, 1.807) is 0 Å². The summed E-state index contributed by atoms with van der Waals surface area (Å²) in [6.45, 7) is 0. The Morgan fingerprint density at radius 3 is 1.92 bits per heavy atom. The molecular formula is C47H27N3OS. The number of hydrogen-bond acceptors (Lipinski definition) is 5. The Balaban J connectivity index is 1.08. The smallest absolute Gasteiger partial charge is 0.164 e. The van der Waals surface area contributed by atoms with Gasteiger partial charge in [0.1, 0.15) is 11.2 Å². The highest BCUT2D eigenvalue weighted by atomic mass is 32.1. The van der Waals surface area contributed by atoms with Crippen LogP contribution in [-0.2, 0) is 0 Å². The zero-order valence-corrected chi connectivity index (χ0v) is 28.6. The summed E-state index contributed by atoms with van der Waals surface area (Å²) >= 11 is 1.84.